The fourth-order valence-electron chi connectivity index (χ4n) is 0.675. The van der Waals surface area contributed by atoms with E-state index >= 15 is 0 Å². The van der Waals surface area contributed by atoms with Gasteiger partial charge in [0.1, 0.15) is 5.82 Å². The quantitative estimate of drug-likeness (QED) is 0.406. The molecule has 0 heterocycles. The summed E-state index contributed by atoms with van der Waals surface area (Å²) in [5, 5.41) is 9.65. The molecule has 0 spiro atoms. The third kappa shape index (κ3) is 1.65. The van der Waals surface area contributed by atoms with E-state index in [0.717, 1.165) is 12.1 Å². The number of hydrogen-bond acceptors (Lipinski definition) is 2. The van der Waals surface area contributed by atoms with Crippen molar-refractivity contribution in [2.45, 2.75) is 0 Å². The third-order valence-electron chi connectivity index (χ3n) is 1.17. The van der Waals surface area contributed by atoms with E-state index in [1.165, 1.54) is 0 Å². The molecule has 0 aliphatic carbocycles. The molecule has 0 bridgehead atoms. The van der Waals surface area contributed by atoms with Gasteiger partial charge < -0.3 is 0 Å². The number of nitrogens with zero attached hydrogens (tertiary/aromatic N) is 1. The summed E-state index contributed by atoms with van der Waals surface area (Å²) in [5.74, 6) is -0.893. The molecule has 6 heteroatoms. The Morgan fingerprint density at radius 3 is 2.50 bits per heavy atom. The van der Waals surface area contributed by atoms with Gasteiger partial charge in [-0.3, -0.25) is 10.1 Å². The van der Waals surface area contributed by atoms with Crippen molar-refractivity contribution in [3.8, 4) is 0 Å². The lowest BCUT2D eigenvalue weighted by atomic mass is 10.3. The van der Waals surface area contributed by atoms with Crippen LogP contribution in [0.3, 0.4) is 0 Å². The van der Waals surface area contributed by atoms with Crippen LogP contribution in [0.2, 0.25) is 10.0 Å². The van der Waals surface area contributed by atoms with Crippen LogP contribution in [0.1, 0.15) is 0 Å². The topological polar surface area (TPSA) is 43.1 Å². The molecule has 0 saturated heterocycles. The molecule has 0 aliphatic heterocycles. The van der Waals surface area contributed by atoms with Crippen LogP contribution in [0.25, 0.3) is 0 Å². The maximum atomic E-state index is 12.7. The Balaban J connectivity index is 3.37. The molecule has 1 aromatic rings. The van der Waals surface area contributed by atoms with Crippen LogP contribution >= 0.6 is 23.2 Å². The summed E-state index contributed by atoms with van der Waals surface area (Å²) in [6.45, 7) is 0. The van der Waals surface area contributed by atoms with Crippen molar-refractivity contribution in [1.82, 2.24) is 0 Å². The lowest BCUT2D eigenvalue weighted by Gasteiger charge is -1.96. The highest BCUT2D eigenvalue weighted by atomic mass is 35.5. The summed E-state index contributed by atoms with van der Waals surface area (Å²) in [6.07, 6.45) is 0. The largest absolute Gasteiger partial charge is 0.292 e. The van der Waals surface area contributed by atoms with Crippen LogP contribution in [-0.4, -0.2) is 4.92 Å². The molecule has 0 unspecified atom stereocenters. The van der Waals surface area contributed by atoms with Gasteiger partial charge >= 0.3 is 0 Å². The lowest BCUT2D eigenvalue weighted by molar-refractivity contribution is -0.384. The van der Waals surface area contributed by atoms with Crippen LogP contribution < -0.4 is 0 Å². The van der Waals surface area contributed by atoms with Gasteiger partial charge in [0.05, 0.1) is 9.95 Å². The minimum Gasteiger partial charge on any atom is -0.258 e. The van der Waals surface area contributed by atoms with Crippen LogP contribution in [-0.2, 0) is 0 Å². The summed E-state index contributed by atoms with van der Waals surface area (Å²) in [7, 11) is 0. The molecule has 0 N–H and O–H groups in total. The molecule has 12 heavy (non-hydrogen) atoms. The zero-order valence-electron chi connectivity index (χ0n) is 5.55. The van der Waals surface area contributed by atoms with Gasteiger partial charge in [0, 0.05) is 6.07 Å². The number of hydrogen-bond donors (Lipinski definition) is 0. The summed E-state index contributed by atoms with van der Waals surface area (Å²) in [4.78, 5) is 9.43. The SMILES string of the molecule is O=[N+]([O-])c1cc(Cl)cc(F)c1Cl. The standard InChI is InChI=1S/C6H2Cl2FNO2/c7-3-1-4(9)6(8)5(2-3)10(11)12/h1-2H. The molecule has 0 saturated carbocycles. The molecule has 0 fully saturated rings. The Morgan fingerprint density at radius 1 is 1.42 bits per heavy atom. The van der Waals surface area contributed by atoms with Gasteiger partial charge in [0.15, 0.2) is 5.02 Å². The Kier molecular flexibility index (Phi) is 2.49. The minimum absolute atomic E-state index is 0.0522. The third-order valence-corrected chi connectivity index (χ3v) is 1.76. The van der Waals surface area contributed by atoms with Crippen LogP contribution in [0.4, 0.5) is 10.1 Å². The molecular weight excluding hydrogens is 208 g/mol. The Hall–Kier alpha value is -0.870. The molecule has 0 amide bonds. The fourth-order valence-corrected chi connectivity index (χ4v) is 1.05. The van der Waals surface area contributed by atoms with Gasteiger partial charge in [-0.25, -0.2) is 4.39 Å². The summed E-state index contributed by atoms with van der Waals surface area (Å²) in [5.41, 5.74) is -0.526. The van der Waals surface area contributed by atoms with E-state index in [2.05, 4.69) is 0 Å². The summed E-state index contributed by atoms with van der Waals surface area (Å²) >= 11 is 10.6. The predicted molar refractivity (Wildman–Crippen MR) is 43.1 cm³/mol. The van der Waals surface area contributed by atoms with E-state index in [0.29, 0.717) is 0 Å². The average Bonchev–Trinajstić information content (AvgIpc) is 1.96. The van der Waals surface area contributed by atoms with E-state index in [9.17, 15) is 14.5 Å². The predicted octanol–water partition coefficient (Wildman–Crippen LogP) is 3.04. The van der Waals surface area contributed by atoms with Gasteiger partial charge in [0.2, 0.25) is 0 Å². The number of halogens is 3. The van der Waals surface area contributed by atoms with Gasteiger partial charge in [0.25, 0.3) is 5.69 Å². The van der Waals surface area contributed by atoms with Crippen molar-refractivity contribution < 1.29 is 9.31 Å². The molecule has 1 rings (SSSR count). The maximum Gasteiger partial charge on any atom is 0.292 e. The van der Waals surface area contributed by atoms with Crippen LogP contribution in [0, 0.1) is 15.9 Å². The van der Waals surface area contributed by atoms with Crippen LogP contribution in [0.15, 0.2) is 12.1 Å². The molecule has 0 aliphatic rings. The summed E-state index contributed by atoms with van der Waals surface area (Å²) in [6, 6.07) is 1.91. The summed E-state index contributed by atoms with van der Waals surface area (Å²) < 4.78 is 12.7. The first-order valence-electron chi connectivity index (χ1n) is 2.81. The molecule has 64 valence electrons. The van der Waals surface area contributed by atoms with Crippen molar-refractivity contribution >= 4 is 28.9 Å². The smallest absolute Gasteiger partial charge is 0.258 e. The first-order valence-corrected chi connectivity index (χ1v) is 3.57. The highest BCUT2D eigenvalue weighted by Gasteiger charge is 2.17. The monoisotopic (exact) mass is 209 g/mol. The van der Waals surface area contributed by atoms with E-state index < -0.39 is 21.5 Å². The van der Waals surface area contributed by atoms with Crippen LogP contribution in [0.5, 0.6) is 0 Å². The van der Waals surface area contributed by atoms with Crippen molar-refractivity contribution in [2.75, 3.05) is 0 Å². The zero-order valence-corrected chi connectivity index (χ0v) is 7.06. The Labute approximate surface area is 76.9 Å². The van der Waals surface area contributed by atoms with E-state index in [4.69, 9.17) is 23.2 Å². The number of rotatable bonds is 1. The number of nitro groups is 1. The number of benzene rings is 1. The van der Waals surface area contributed by atoms with Crippen molar-refractivity contribution in [3.63, 3.8) is 0 Å². The van der Waals surface area contributed by atoms with E-state index in [-0.39, 0.29) is 5.02 Å². The molecule has 0 radical (unpaired) electrons. The molecule has 3 nitrogen and oxygen atoms in total. The fraction of sp³-hybridized carbons (Fsp3) is 0. The second-order valence-corrected chi connectivity index (χ2v) is 2.79. The first-order chi connectivity index (χ1) is 5.52. The van der Waals surface area contributed by atoms with E-state index in [1.807, 2.05) is 0 Å². The second-order valence-electron chi connectivity index (χ2n) is 1.98. The van der Waals surface area contributed by atoms with Gasteiger partial charge in [-0.15, -0.1) is 0 Å². The van der Waals surface area contributed by atoms with Gasteiger partial charge in [-0.05, 0) is 6.07 Å². The molecular formula is C6H2Cl2FNO2. The highest BCUT2D eigenvalue weighted by Crippen LogP contribution is 2.30. The Morgan fingerprint density at radius 2 is 2.00 bits per heavy atom. The number of nitro benzene ring substituents is 1. The van der Waals surface area contributed by atoms with Crippen molar-refractivity contribution in [3.05, 3.63) is 38.1 Å². The normalized spacial score (nSPS) is 9.92. The molecule has 1 aromatic carbocycles. The van der Waals surface area contributed by atoms with Gasteiger partial charge in [-0.2, -0.15) is 0 Å². The minimum atomic E-state index is -0.893. The maximum absolute atomic E-state index is 12.7. The van der Waals surface area contributed by atoms with E-state index in [1.54, 1.807) is 0 Å². The molecule has 0 aromatic heterocycles. The zero-order chi connectivity index (χ0) is 9.30. The average molecular weight is 210 g/mol. The van der Waals surface area contributed by atoms with Crippen molar-refractivity contribution in [1.29, 1.82) is 0 Å². The lowest BCUT2D eigenvalue weighted by Crippen LogP contribution is -1.91. The first kappa shape index (κ1) is 9.22. The van der Waals surface area contributed by atoms with Crippen molar-refractivity contribution in [2.24, 2.45) is 0 Å². The van der Waals surface area contributed by atoms with Gasteiger partial charge in [-0.1, -0.05) is 23.2 Å². The Bertz CT molecular complexity index is 343. The molecule has 0 atom stereocenters. The highest BCUT2D eigenvalue weighted by molar-refractivity contribution is 6.34. The second kappa shape index (κ2) is 3.25.